The molecule has 0 bridgehead atoms. The largest absolute Gasteiger partial charge is 0.359 e. The highest BCUT2D eigenvalue weighted by Crippen LogP contribution is 1.97. The smallest absolute Gasteiger partial charge is 0.250 e. The van der Waals surface area contributed by atoms with E-state index in [1.54, 1.807) is 0 Å². The second kappa shape index (κ2) is 5.80. The van der Waals surface area contributed by atoms with E-state index in [4.69, 9.17) is 5.73 Å². The molecule has 0 saturated heterocycles. The number of amides is 2. The van der Waals surface area contributed by atoms with E-state index in [1.807, 2.05) is 4.72 Å². The lowest BCUT2D eigenvalue weighted by atomic mass is 10.2. The number of nitrogens with two attached hydrogens (primary N) is 1. The lowest BCUT2D eigenvalue weighted by Crippen LogP contribution is -2.47. The Morgan fingerprint density at radius 2 is 1.81 bits per heavy atom. The van der Waals surface area contributed by atoms with E-state index in [2.05, 4.69) is 5.32 Å². The van der Waals surface area contributed by atoms with Gasteiger partial charge in [-0.15, -0.1) is 0 Å². The molecule has 0 heterocycles. The quantitative estimate of drug-likeness (QED) is 0.538. The van der Waals surface area contributed by atoms with Crippen molar-refractivity contribution in [3.63, 3.8) is 0 Å². The van der Waals surface area contributed by atoms with Gasteiger partial charge in [0.25, 0.3) is 5.91 Å². The highest BCUT2D eigenvalue weighted by atomic mass is 32.2. The van der Waals surface area contributed by atoms with Crippen molar-refractivity contribution in [3.8, 4) is 0 Å². The molecule has 0 rings (SSSR count). The fourth-order valence-corrected chi connectivity index (χ4v) is 1.40. The van der Waals surface area contributed by atoms with E-state index in [0.29, 0.717) is 0 Å². The summed E-state index contributed by atoms with van der Waals surface area (Å²) >= 11 is 0. The van der Waals surface area contributed by atoms with Gasteiger partial charge in [0.15, 0.2) is 0 Å². The lowest BCUT2D eigenvalue weighted by Gasteiger charge is -2.13. The molecule has 0 radical (unpaired) electrons. The molecule has 0 spiro atoms. The van der Waals surface area contributed by atoms with Crippen molar-refractivity contribution in [1.82, 2.24) is 10.0 Å². The summed E-state index contributed by atoms with van der Waals surface area (Å²) in [7, 11) is -2.30. The van der Waals surface area contributed by atoms with E-state index in [0.717, 1.165) is 0 Å². The van der Waals surface area contributed by atoms with Crippen molar-refractivity contribution in [2.45, 2.75) is 31.6 Å². The monoisotopic (exact) mass is 251 g/mol. The summed E-state index contributed by atoms with van der Waals surface area (Å²) in [6.07, 6.45) is -0.254. The Labute approximate surface area is 94.8 Å². The second-order valence-corrected chi connectivity index (χ2v) is 5.78. The Bertz CT molecular complexity index is 363. The molecule has 1 atom stereocenters. The first-order chi connectivity index (χ1) is 7.20. The zero-order chi connectivity index (χ0) is 12.9. The van der Waals surface area contributed by atoms with Crippen molar-refractivity contribution >= 4 is 21.8 Å². The summed E-state index contributed by atoms with van der Waals surface area (Å²) in [5.74, 6) is -1.30. The molecule has 16 heavy (non-hydrogen) atoms. The minimum Gasteiger partial charge on any atom is -0.359 e. The van der Waals surface area contributed by atoms with Gasteiger partial charge in [-0.25, -0.2) is 8.42 Å². The van der Waals surface area contributed by atoms with Crippen molar-refractivity contribution in [2.75, 3.05) is 7.05 Å². The molecule has 0 aliphatic heterocycles. The van der Waals surface area contributed by atoms with Crippen LogP contribution in [0.15, 0.2) is 0 Å². The first kappa shape index (κ1) is 14.8. The van der Waals surface area contributed by atoms with Crippen molar-refractivity contribution < 1.29 is 18.0 Å². The molecule has 0 saturated carbocycles. The van der Waals surface area contributed by atoms with Gasteiger partial charge >= 0.3 is 0 Å². The second-order valence-electron chi connectivity index (χ2n) is 3.54. The molecule has 0 aliphatic carbocycles. The number of nitrogens with one attached hydrogen (secondary N) is 2. The summed E-state index contributed by atoms with van der Waals surface area (Å²) in [4.78, 5) is 22.2. The molecule has 0 fully saturated rings. The predicted octanol–water partition coefficient (Wildman–Crippen LogP) is -1.70. The van der Waals surface area contributed by atoms with E-state index in [1.165, 1.54) is 20.9 Å². The summed E-state index contributed by atoms with van der Waals surface area (Å²) in [6, 6.07) is -1.17. The van der Waals surface area contributed by atoms with E-state index >= 15 is 0 Å². The first-order valence-corrected chi connectivity index (χ1v) is 6.27. The van der Waals surface area contributed by atoms with Gasteiger partial charge in [0.2, 0.25) is 15.9 Å². The standard InChI is InChI=1S/C8H17N3O4S/c1-5(2)16(14,15)11-8(13)6(9)4-7(12)10-3/h5-6H,4,9H2,1-3H3,(H,10,12)(H,11,13). The van der Waals surface area contributed by atoms with Gasteiger partial charge in [0.05, 0.1) is 17.7 Å². The van der Waals surface area contributed by atoms with Crippen molar-refractivity contribution in [3.05, 3.63) is 0 Å². The number of carbonyl (C=O) groups excluding carboxylic acids is 2. The molecule has 0 aliphatic rings. The fraction of sp³-hybridized carbons (Fsp3) is 0.750. The SMILES string of the molecule is CNC(=O)CC(N)C(=O)NS(=O)(=O)C(C)C. The highest BCUT2D eigenvalue weighted by molar-refractivity contribution is 7.90. The van der Waals surface area contributed by atoms with Gasteiger partial charge in [0, 0.05) is 7.05 Å². The maximum absolute atomic E-state index is 11.3. The highest BCUT2D eigenvalue weighted by Gasteiger charge is 2.24. The van der Waals surface area contributed by atoms with Gasteiger partial charge in [-0.3, -0.25) is 14.3 Å². The van der Waals surface area contributed by atoms with E-state index in [9.17, 15) is 18.0 Å². The van der Waals surface area contributed by atoms with Crippen LogP contribution in [0.25, 0.3) is 0 Å². The van der Waals surface area contributed by atoms with Gasteiger partial charge in [-0.1, -0.05) is 0 Å². The van der Waals surface area contributed by atoms with Gasteiger partial charge in [-0.05, 0) is 13.8 Å². The molecule has 0 aromatic heterocycles. The van der Waals surface area contributed by atoms with Crippen LogP contribution in [-0.4, -0.2) is 38.6 Å². The first-order valence-electron chi connectivity index (χ1n) is 4.72. The van der Waals surface area contributed by atoms with Gasteiger partial charge < -0.3 is 11.1 Å². The van der Waals surface area contributed by atoms with Crippen LogP contribution in [0.2, 0.25) is 0 Å². The average Bonchev–Trinajstić information content (AvgIpc) is 2.16. The van der Waals surface area contributed by atoms with Crippen molar-refractivity contribution in [1.29, 1.82) is 0 Å². The van der Waals surface area contributed by atoms with Crippen LogP contribution in [0.4, 0.5) is 0 Å². The van der Waals surface area contributed by atoms with Crippen LogP contribution in [-0.2, 0) is 19.6 Å². The van der Waals surface area contributed by atoms with Crippen LogP contribution in [0.5, 0.6) is 0 Å². The summed E-state index contributed by atoms with van der Waals surface area (Å²) in [6.45, 7) is 2.86. The van der Waals surface area contributed by atoms with Crippen LogP contribution in [0.3, 0.4) is 0 Å². The van der Waals surface area contributed by atoms with Crippen LogP contribution in [0, 0.1) is 0 Å². The number of sulfonamides is 1. The summed E-state index contributed by atoms with van der Waals surface area (Å²) in [5, 5.41) is 1.56. The molecular formula is C8H17N3O4S. The number of carbonyl (C=O) groups is 2. The minimum absolute atomic E-state index is 0.254. The number of hydrogen-bond acceptors (Lipinski definition) is 5. The molecule has 4 N–H and O–H groups in total. The minimum atomic E-state index is -3.70. The van der Waals surface area contributed by atoms with Crippen LogP contribution >= 0.6 is 0 Å². The maximum atomic E-state index is 11.3. The third-order valence-corrected chi connectivity index (χ3v) is 3.61. The van der Waals surface area contributed by atoms with Gasteiger partial charge in [0.1, 0.15) is 0 Å². The molecule has 1 unspecified atom stereocenters. The molecular weight excluding hydrogens is 234 g/mol. The molecule has 8 heteroatoms. The van der Waals surface area contributed by atoms with Crippen LogP contribution < -0.4 is 15.8 Å². The fourth-order valence-electron chi connectivity index (χ4n) is 0.728. The zero-order valence-corrected chi connectivity index (χ0v) is 10.3. The Balaban J connectivity index is 4.43. The topological polar surface area (TPSA) is 118 Å². The third-order valence-electron chi connectivity index (χ3n) is 1.88. The van der Waals surface area contributed by atoms with Gasteiger partial charge in [-0.2, -0.15) is 0 Å². The summed E-state index contributed by atoms with van der Waals surface area (Å²) < 4.78 is 24.4. The third kappa shape index (κ3) is 4.58. The zero-order valence-electron chi connectivity index (χ0n) is 9.48. The number of rotatable bonds is 5. The normalized spacial score (nSPS) is 13.3. The van der Waals surface area contributed by atoms with Crippen LogP contribution in [0.1, 0.15) is 20.3 Å². The maximum Gasteiger partial charge on any atom is 0.250 e. The summed E-state index contributed by atoms with van der Waals surface area (Å²) in [5.41, 5.74) is 5.36. The molecule has 7 nitrogen and oxygen atoms in total. The molecule has 0 aromatic rings. The van der Waals surface area contributed by atoms with E-state index in [-0.39, 0.29) is 6.42 Å². The Hall–Kier alpha value is -1.15. The Morgan fingerprint density at radius 1 is 1.31 bits per heavy atom. The Kier molecular flexibility index (Phi) is 5.39. The molecule has 2 amide bonds. The molecule has 94 valence electrons. The van der Waals surface area contributed by atoms with Crippen molar-refractivity contribution in [2.24, 2.45) is 5.73 Å². The predicted molar refractivity (Wildman–Crippen MR) is 58.9 cm³/mol. The number of hydrogen-bond donors (Lipinski definition) is 3. The Morgan fingerprint density at radius 3 is 2.19 bits per heavy atom. The average molecular weight is 251 g/mol. The van der Waals surface area contributed by atoms with E-state index < -0.39 is 33.1 Å². The lowest BCUT2D eigenvalue weighted by molar-refractivity contribution is -0.126. The molecule has 0 aromatic carbocycles.